The van der Waals surface area contributed by atoms with Crippen LogP contribution in [0.2, 0.25) is 0 Å². The Bertz CT molecular complexity index is 781. The van der Waals surface area contributed by atoms with Crippen LogP contribution < -0.4 is 10.5 Å². The van der Waals surface area contributed by atoms with Crippen molar-refractivity contribution in [1.82, 2.24) is 4.98 Å². The molecule has 0 atom stereocenters. The Morgan fingerprint density at radius 3 is 2.38 bits per heavy atom. The molecule has 0 radical (unpaired) electrons. The Morgan fingerprint density at radius 2 is 1.81 bits per heavy atom. The normalized spacial score (nSPS) is 11.4. The minimum absolute atomic E-state index is 0.130. The first-order valence-corrected chi connectivity index (χ1v) is 8.50. The minimum Gasteiger partial charge on any atom is -0.398 e. The van der Waals surface area contributed by atoms with Crippen molar-refractivity contribution in [3.63, 3.8) is 0 Å². The quantitative estimate of drug-likeness (QED) is 0.813. The maximum absolute atomic E-state index is 12.4. The molecule has 0 unspecified atom stereocenters. The van der Waals surface area contributed by atoms with Gasteiger partial charge in [-0.1, -0.05) is 0 Å². The van der Waals surface area contributed by atoms with Crippen molar-refractivity contribution in [2.24, 2.45) is 0 Å². The van der Waals surface area contributed by atoms with E-state index in [1.165, 1.54) is 6.07 Å². The van der Waals surface area contributed by atoms with Crippen molar-refractivity contribution < 1.29 is 8.42 Å². The van der Waals surface area contributed by atoms with Crippen LogP contribution in [0.1, 0.15) is 16.7 Å². The lowest BCUT2D eigenvalue weighted by molar-refractivity contribution is 0.601. The number of halogens is 1. The number of nitrogens with zero attached hydrogens (tertiary/aromatic N) is 1. The van der Waals surface area contributed by atoms with E-state index in [-0.39, 0.29) is 10.7 Å². The van der Waals surface area contributed by atoms with Gasteiger partial charge in [-0.25, -0.2) is 13.4 Å². The molecule has 3 N–H and O–H groups in total. The van der Waals surface area contributed by atoms with Gasteiger partial charge >= 0.3 is 0 Å². The van der Waals surface area contributed by atoms with E-state index in [1.54, 1.807) is 18.3 Å². The van der Waals surface area contributed by atoms with Gasteiger partial charge in [-0.05, 0) is 71.6 Å². The van der Waals surface area contributed by atoms with Gasteiger partial charge in [0.05, 0.1) is 4.90 Å². The molecular weight excluding hydrogens is 354 g/mol. The molecule has 0 fully saturated rings. The smallest absolute Gasteiger partial charge is 0.263 e. The van der Waals surface area contributed by atoms with Gasteiger partial charge in [-0.15, -0.1) is 0 Å². The SMILES string of the molecule is Cc1cc(NS(=O)(=O)c2cc(C)c(C)c(N)c2)ncc1Br. The molecule has 0 aliphatic heterocycles. The summed E-state index contributed by atoms with van der Waals surface area (Å²) in [5.41, 5.74) is 8.90. The van der Waals surface area contributed by atoms with E-state index in [0.717, 1.165) is 21.2 Å². The molecule has 0 bridgehead atoms. The fourth-order valence-electron chi connectivity index (χ4n) is 1.80. The fraction of sp³-hybridized carbons (Fsp3) is 0.214. The second kappa shape index (κ2) is 5.65. The number of sulfonamides is 1. The van der Waals surface area contributed by atoms with Crippen LogP contribution in [-0.2, 0) is 10.0 Å². The summed E-state index contributed by atoms with van der Waals surface area (Å²) in [6.07, 6.45) is 1.56. The second-order valence-electron chi connectivity index (χ2n) is 4.88. The maximum atomic E-state index is 12.4. The zero-order chi connectivity index (χ0) is 15.8. The van der Waals surface area contributed by atoms with Gasteiger partial charge in [-0.2, -0.15) is 0 Å². The highest BCUT2D eigenvalue weighted by Crippen LogP contribution is 2.24. The van der Waals surface area contributed by atoms with Crippen LogP contribution in [0.15, 0.2) is 33.8 Å². The highest BCUT2D eigenvalue weighted by molar-refractivity contribution is 9.10. The summed E-state index contributed by atoms with van der Waals surface area (Å²) >= 11 is 3.32. The number of aryl methyl sites for hydroxylation is 2. The van der Waals surface area contributed by atoms with Crippen molar-refractivity contribution in [3.05, 3.63) is 45.6 Å². The number of pyridine rings is 1. The number of hydrogen-bond donors (Lipinski definition) is 2. The van der Waals surface area contributed by atoms with Crippen LogP contribution in [0.5, 0.6) is 0 Å². The molecule has 0 amide bonds. The summed E-state index contributed by atoms with van der Waals surface area (Å²) in [5.74, 6) is 0.271. The van der Waals surface area contributed by atoms with Gasteiger partial charge in [-0.3, -0.25) is 4.72 Å². The van der Waals surface area contributed by atoms with Gasteiger partial charge in [0.1, 0.15) is 5.82 Å². The molecule has 5 nitrogen and oxygen atoms in total. The molecule has 112 valence electrons. The fourth-order valence-corrected chi connectivity index (χ4v) is 3.14. The predicted octanol–water partition coefficient (Wildman–Crippen LogP) is 3.15. The zero-order valence-corrected chi connectivity index (χ0v) is 14.3. The number of aromatic nitrogens is 1. The topological polar surface area (TPSA) is 85.1 Å². The second-order valence-corrected chi connectivity index (χ2v) is 7.42. The predicted molar refractivity (Wildman–Crippen MR) is 87.8 cm³/mol. The largest absolute Gasteiger partial charge is 0.398 e. The van der Waals surface area contributed by atoms with Crippen LogP contribution in [0.3, 0.4) is 0 Å². The Hall–Kier alpha value is -1.60. The van der Waals surface area contributed by atoms with Crippen molar-refractivity contribution >= 4 is 37.5 Å². The maximum Gasteiger partial charge on any atom is 0.263 e. The molecule has 0 saturated heterocycles. The Morgan fingerprint density at radius 1 is 1.14 bits per heavy atom. The van der Waals surface area contributed by atoms with Crippen LogP contribution in [-0.4, -0.2) is 13.4 Å². The van der Waals surface area contributed by atoms with Gasteiger partial charge in [0.25, 0.3) is 10.0 Å². The number of anilines is 2. The summed E-state index contributed by atoms with van der Waals surface area (Å²) in [5, 5.41) is 0. The molecule has 0 aliphatic carbocycles. The molecule has 2 rings (SSSR count). The lowest BCUT2D eigenvalue weighted by atomic mass is 10.1. The number of benzene rings is 1. The van der Waals surface area contributed by atoms with Crippen LogP contribution in [0.4, 0.5) is 11.5 Å². The van der Waals surface area contributed by atoms with Crippen molar-refractivity contribution in [1.29, 1.82) is 0 Å². The van der Waals surface area contributed by atoms with E-state index >= 15 is 0 Å². The van der Waals surface area contributed by atoms with Crippen LogP contribution >= 0.6 is 15.9 Å². The summed E-state index contributed by atoms with van der Waals surface area (Å²) < 4.78 is 28.1. The highest BCUT2D eigenvalue weighted by Gasteiger charge is 2.17. The Balaban J connectivity index is 2.40. The first-order chi connectivity index (χ1) is 9.70. The summed E-state index contributed by atoms with van der Waals surface area (Å²) in [6, 6.07) is 4.71. The third-order valence-electron chi connectivity index (χ3n) is 3.28. The zero-order valence-electron chi connectivity index (χ0n) is 11.9. The lowest BCUT2D eigenvalue weighted by Gasteiger charge is -2.11. The molecule has 0 spiro atoms. The number of nitrogen functional groups attached to an aromatic ring is 1. The van der Waals surface area contributed by atoms with E-state index in [4.69, 9.17) is 5.73 Å². The molecule has 0 aliphatic rings. The number of nitrogens with two attached hydrogens (primary N) is 1. The van der Waals surface area contributed by atoms with Gasteiger partial charge in [0.2, 0.25) is 0 Å². The van der Waals surface area contributed by atoms with Gasteiger partial charge in [0, 0.05) is 16.4 Å². The van der Waals surface area contributed by atoms with E-state index < -0.39 is 10.0 Å². The lowest BCUT2D eigenvalue weighted by Crippen LogP contribution is -2.15. The van der Waals surface area contributed by atoms with Crippen LogP contribution in [0.25, 0.3) is 0 Å². The van der Waals surface area contributed by atoms with Crippen LogP contribution in [0, 0.1) is 20.8 Å². The van der Waals surface area contributed by atoms with Gasteiger partial charge in [0.15, 0.2) is 0 Å². The molecule has 1 aromatic heterocycles. The monoisotopic (exact) mass is 369 g/mol. The minimum atomic E-state index is -3.71. The third kappa shape index (κ3) is 3.36. The highest BCUT2D eigenvalue weighted by atomic mass is 79.9. The van der Waals surface area contributed by atoms with E-state index in [0.29, 0.717) is 5.69 Å². The first-order valence-electron chi connectivity index (χ1n) is 6.22. The van der Waals surface area contributed by atoms with Gasteiger partial charge < -0.3 is 5.73 Å². The first kappa shape index (κ1) is 15.8. The van der Waals surface area contributed by atoms with Crippen molar-refractivity contribution in [2.75, 3.05) is 10.5 Å². The molecule has 21 heavy (non-hydrogen) atoms. The summed E-state index contributed by atoms with van der Waals surface area (Å²) in [6.45, 7) is 5.54. The number of hydrogen-bond acceptors (Lipinski definition) is 4. The Kier molecular flexibility index (Phi) is 4.25. The Labute approximate surface area is 132 Å². The number of rotatable bonds is 3. The molecule has 2 aromatic rings. The van der Waals surface area contributed by atoms with E-state index in [1.807, 2.05) is 20.8 Å². The molecule has 0 saturated carbocycles. The average molecular weight is 370 g/mol. The summed E-state index contributed by atoms with van der Waals surface area (Å²) in [4.78, 5) is 4.17. The number of nitrogens with one attached hydrogen (secondary N) is 1. The molecular formula is C14H16BrN3O2S. The molecule has 7 heteroatoms. The standard InChI is InChI=1S/C14H16BrN3O2S/c1-8-4-11(6-13(16)10(8)3)21(19,20)18-14-5-9(2)12(15)7-17-14/h4-7H,16H2,1-3H3,(H,17,18). The molecule has 1 aromatic carbocycles. The van der Waals surface area contributed by atoms with Crippen molar-refractivity contribution in [2.45, 2.75) is 25.7 Å². The summed E-state index contributed by atoms with van der Waals surface area (Å²) in [7, 11) is -3.71. The van der Waals surface area contributed by atoms with Crippen molar-refractivity contribution in [3.8, 4) is 0 Å². The third-order valence-corrected chi connectivity index (χ3v) is 5.44. The molecule has 1 heterocycles. The average Bonchev–Trinajstić information content (AvgIpc) is 2.39. The van der Waals surface area contributed by atoms with E-state index in [9.17, 15) is 8.42 Å². The van der Waals surface area contributed by atoms with E-state index in [2.05, 4.69) is 25.6 Å².